The van der Waals surface area contributed by atoms with E-state index in [0.717, 1.165) is 16.3 Å². The Morgan fingerprint density at radius 2 is 2.30 bits per heavy atom. The minimum atomic E-state index is 0.204. The molecule has 104 valence electrons. The highest BCUT2D eigenvalue weighted by Crippen LogP contribution is 2.32. The summed E-state index contributed by atoms with van der Waals surface area (Å²) in [6.45, 7) is 4.73. The number of aliphatic hydroxyl groups is 1. The average Bonchev–Trinajstić information content (AvgIpc) is 3.06. The van der Waals surface area contributed by atoms with Crippen molar-refractivity contribution < 1.29 is 9.52 Å². The van der Waals surface area contributed by atoms with E-state index in [2.05, 4.69) is 4.98 Å². The van der Waals surface area contributed by atoms with Crippen molar-refractivity contribution in [1.29, 1.82) is 5.41 Å². The molecule has 0 fully saturated rings. The molecular weight excluding hydrogens is 274 g/mol. The molecule has 0 unspecified atom stereocenters. The van der Waals surface area contributed by atoms with Gasteiger partial charge in [-0.3, -0.25) is 5.41 Å². The van der Waals surface area contributed by atoms with E-state index in [0.29, 0.717) is 29.5 Å². The maximum Gasteiger partial charge on any atom is 0.135 e. The van der Waals surface area contributed by atoms with E-state index in [1.54, 1.807) is 11.2 Å². The van der Waals surface area contributed by atoms with E-state index in [4.69, 9.17) is 9.83 Å². The van der Waals surface area contributed by atoms with E-state index in [1.165, 1.54) is 11.3 Å². The Labute approximate surface area is 120 Å². The highest BCUT2D eigenvalue weighted by atomic mass is 32.1. The lowest BCUT2D eigenvalue weighted by Gasteiger charge is -2.16. The summed E-state index contributed by atoms with van der Waals surface area (Å²) in [5.41, 5.74) is 1.49. The van der Waals surface area contributed by atoms with E-state index in [-0.39, 0.29) is 5.76 Å². The van der Waals surface area contributed by atoms with Gasteiger partial charge in [-0.15, -0.1) is 11.3 Å². The molecule has 1 aliphatic heterocycles. The van der Waals surface area contributed by atoms with Crippen LogP contribution in [0.2, 0.25) is 0 Å². The fourth-order valence-electron chi connectivity index (χ4n) is 2.16. The summed E-state index contributed by atoms with van der Waals surface area (Å²) in [7, 11) is 0. The lowest BCUT2D eigenvalue weighted by Crippen LogP contribution is -2.25. The van der Waals surface area contributed by atoms with Crippen LogP contribution in [0.15, 0.2) is 28.6 Å². The second kappa shape index (κ2) is 4.79. The number of aromatic nitrogens is 1. The van der Waals surface area contributed by atoms with Gasteiger partial charge in [0, 0.05) is 4.88 Å². The molecule has 2 aromatic heterocycles. The number of hydrogen-bond donors (Lipinski definition) is 2. The number of rotatable bonds is 3. The van der Waals surface area contributed by atoms with Crippen LogP contribution in [-0.2, 0) is 6.54 Å². The van der Waals surface area contributed by atoms with Crippen molar-refractivity contribution in [3.63, 3.8) is 0 Å². The smallest absolute Gasteiger partial charge is 0.135 e. The minimum Gasteiger partial charge on any atom is -0.510 e. The van der Waals surface area contributed by atoms with E-state index >= 15 is 0 Å². The standard InChI is InChI=1S/C14H15N3O2S/c1-8-9(2)20-14(16-8)12-11(18)7-17(13(12)15)6-10-4-3-5-19-10/h3-5,15,18H,6-7H2,1-2H3. The summed E-state index contributed by atoms with van der Waals surface area (Å²) in [5.74, 6) is 1.28. The molecule has 0 atom stereocenters. The van der Waals surface area contributed by atoms with E-state index in [1.807, 2.05) is 26.0 Å². The van der Waals surface area contributed by atoms with Gasteiger partial charge in [-0.25, -0.2) is 4.98 Å². The molecular formula is C14H15N3O2S. The third-order valence-electron chi connectivity index (χ3n) is 3.35. The molecule has 20 heavy (non-hydrogen) atoms. The van der Waals surface area contributed by atoms with Gasteiger partial charge >= 0.3 is 0 Å². The molecule has 0 spiro atoms. The predicted molar refractivity (Wildman–Crippen MR) is 78.0 cm³/mol. The molecule has 2 N–H and O–H groups in total. The maximum absolute atomic E-state index is 10.1. The van der Waals surface area contributed by atoms with Crippen LogP contribution >= 0.6 is 11.3 Å². The molecule has 3 rings (SSSR count). The Morgan fingerprint density at radius 3 is 2.90 bits per heavy atom. The Hall–Kier alpha value is -2.08. The first-order valence-electron chi connectivity index (χ1n) is 6.29. The van der Waals surface area contributed by atoms with Gasteiger partial charge in [0.05, 0.1) is 30.6 Å². The molecule has 6 heteroatoms. The molecule has 0 bridgehead atoms. The van der Waals surface area contributed by atoms with Crippen molar-refractivity contribution in [2.45, 2.75) is 20.4 Å². The van der Waals surface area contributed by atoms with Gasteiger partial charge in [0.2, 0.25) is 0 Å². The Bertz CT molecular complexity index is 666. The molecule has 0 amide bonds. The van der Waals surface area contributed by atoms with Crippen molar-refractivity contribution in [3.8, 4) is 0 Å². The Morgan fingerprint density at radius 1 is 1.50 bits per heavy atom. The number of furan rings is 1. The van der Waals surface area contributed by atoms with Gasteiger partial charge in [-0.05, 0) is 26.0 Å². The Balaban J connectivity index is 1.85. The zero-order valence-corrected chi connectivity index (χ0v) is 12.1. The third kappa shape index (κ3) is 2.12. The first-order chi connectivity index (χ1) is 9.56. The van der Waals surface area contributed by atoms with Crippen LogP contribution in [0.5, 0.6) is 0 Å². The molecule has 0 saturated carbocycles. The van der Waals surface area contributed by atoms with Gasteiger partial charge in [0.1, 0.15) is 22.4 Å². The SMILES string of the molecule is Cc1nc(C2=C(O)CN(Cc3ccco3)C2=N)sc1C. The topological polar surface area (TPSA) is 73.4 Å². The first-order valence-corrected chi connectivity index (χ1v) is 7.10. The lowest BCUT2D eigenvalue weighted by molar-refractivity contribution is 0.328. The molecule has 2 aromatic rings. The maximum atomic E-state index is 10.1. The molecule has 1 aliphatic rings. The van der Waals surface area contributed by atoms with E-state index < -0.39 is 0 Å². The minimum absolute atomic E-state index is 0.204. The van der Waals surface area contributed by atoms with Gasteiger partial charge in [-0.1, -0.05) is 0 Å². The summed E-state index contributed by atoms with van der Waals surface area (Å²) in [6.07, 6.45) is 1.61. The molecule has 0 aliphatic carbocycles. The highest BCUT2D eigenvalue weighted by molar-refractivity contribution is 7.13. The van der Waals surface area contributed by atoms with Crippen molar-refractivity contribution in [2.75, 3.05) is 6.54 Å². The number of nitrogens with one attached hydrogen (secondary N) is 1. The molecule has 3 heterocycles. The summed E-state index contributed by atoms with van der Waals surface area (Å²) in [5, 5.41) is 19.1. The van der Waals surface area contributed by atoms with Gasteiger partial charge in [-0.2, -0.15) is 0 Å². The van der Waals surface area contributed by atoms with Crippen molar-refractivity contribution in [1.82, 2.24) is 9.88 Å². The quantitative estimate of drug-likeness (QED) is 0.910. The second-order valence-corrected chi connectivity index (χ2v) is 5.97. The zero-order chi connectivity index (χ0) is 14.3. The Kier molecular flexibility index (Phi) is 3.10. The number of thiazole rings is 1. The monoisotopic (exact) mass is 289 g/mol. The van der Waals surface area contributed by atoms with Crippen LogP contribution in [0.25, 0.3) is 5.57 Å². The van der Waals surface area contributed by atoms with Gasteiger partial charge in [0.25, 0.3) is 0 Å². The van der Waals surface area contributed by atoms with Crippen LogP contribution in [0.1, 0.15) is 21.3 Å². The van der Waals surface area contributed by atoms with Crippen molar-refractivity contribution in [3.05, 3.63) is 45.5 Å². The number of aryl methyl sites for hydroxylation is 2. The van der Waals surface area contributed by atoms with Crippen LogP contribution in [0, 0.1) is 19.3 Å². The predicted octanol–water partition coefficient (Wildman–Crippen LogP) is 3.12. The zero-order valence-electron chi connectivity index (χ0n) is 11.3. The van der Waals surface area contributed by atoms with Gasteiger partial charge < -0.3 is 14.4 Å². The molecule has 0 aromatic carbocycles. The lowest BCUT2D eigenvalue weighted by atomic mass is 10.2. The highest BCUT2D eigenvalue weighted by Gasteiger charge is 2.30. The van der Waals surface area contributed by atoms with Gasteiger partial charge in [0.15, 0.2) is 0 Å². The third-order valence-corrected chi connectivity index (χ3v) is 4.44. The first kappa shape index (κ1) is 12.9. The van der Waals surface area contributed by atoms with Crippen LogP contribution in [0.4, 0.5) is 0 Å². The number of amidine groups is 1. The fourth-order valence-corrected chi connectivity index (χ4v) is 3.15. The number of aliphatic hydroxyl groups excluding tert-OH is 1. The summed E-state index contributed by atoms with van der Waals surface area (Å²) >= 11 is 1.51. The fraction of sp³-hybridized carbons (Fsp3) is 0.286. The molecule has 0 saturated heterocycles. The summed E-state index contributed by atoms with van der Waals surface area (Å²) in [4.78, 5) is 7.32. The van der Waals surface area contributed by atoms with Crippen LogP contribution in [-0.4, -0.2) is 27.4 Å². The van der Waals surface area contributed by atoms with E-state index in [9.17, 15) is 5.11 Å². The molecule has 5 nitrogen and oxygen atoms in total. The second-order valence-electron chi connectivity index (χ2n) is 4.77. The van der Waals surface area contributed by atoms with Crippen LogP contribution < -0.4 is 0 Å². The molecule has 0 radical (unpaired) electrons. The van der Waals surface area contributed by atoms with Crippen molar-refractivity contribution in [2.24, 2.45) is 0 Å². The number of hydrogen-bond acceptors (Lipinski definition) is 5. The van der Waals surface area contributed by atoms with Crippen LogP contribution in [0.3, 0.4) is 0 Å². The summed E-state index contributed by atoms with van der Waals surface area (Å²) < 4.78 is 5.29. The largest absolute Gasteiger partial charge is 0.510 e. The van der Waals surface area contributed by atoms with Crippen molar-refractivity contribution >= 4 is 22.7 Å². The number of nitrogens with zero attached hydrogens (tertiary/aromatic N) is 2. The average molecular weight is 289 g/mol. The summed E-state index contributed by atoms with van der Waals surface area (Å²) in [6, 6.07) is 3.68. The normalized spacial score (nSPS) is 15.5.